The summed E-state index contributed by atoms with van der Waals surface area (Å²) in [4.78, 5) is 3.10. The van der Waals surface area contributed by atoms with E-state index in [1.807, 2.05) is 13.8 Å². The normalized spacial score (nSPS) is 14.7. The molecule has 0 aromatic heterocycles. The molecule has 1 aliphatic rings. The van der Waals surface area contributed by atoms with E-state index in [0.717, 1.165) is 24.1 Å². The van der Waals surface area contributed by atoms with Crippen molar-refractivity contribution >= 4 is 31.6 Å². The molecule has 1 aliphatic heterocycles. The van der Waals surface area contributed by atoms with Crippen molar-refractivity contribution in [2.24, 2.45) is 0 Å². The van der Waals surface area contributed by atoms with Crippen molar-refractivity contribution in [3.05, 3.63) is 53.6 Å². The molecular formula is C18H22N3O4S2+. The van der Waals surface area contributed by atoms with Crippen LogP contribution in [0, 0.1) is 13.8 Å². The molecule has 0 aliphatic carbocycles. The lowest BCUT2D eigenvalue weighted by Crippen LogP contribution is -2.72. The molecule has 7 nitrogen and oxygen atoms in total. The van der Waals surface area contributed by atoms with E-state index < -0.39 is 20.0 Å². The molecule has 0 unspecified atom stereocenters. The SMILES string of the molecule is Cc1ccc(S(=O)(=O)Nc2cccc(S(=O)(=O)NC3=[NH+]CCC3)c2)cc1C. The van der Waals surface area contributed by atoms with Crippen LogP contribution in [0.5, 0.6) is 0 Å². The fraction of sp³-hybridized carbons (Fsp3) is 0.278. The van der Waals surface area contributed by atoms with Crippen LogP contribution < -0.4 is 14.4 Å². The molecule has 0 amide bonds. The van der Waals surface area contributed by atoms with Crippen LogP contribution in [0.3, 0.4) is 0 Å². The standard InChI is InChI=1S/C18H21N3O4S2/c1-13-8-9-17(11-14(13)2)26(22,23)20-15-5-3-6-16(12-15)27(24,25)21-18-7-4-10-19-18/h3,5-6,8-9,11-12,20H,4,7,10H2,1-2H3,(H,19,21)/p+1. The van der Waals surface area contributed by atoms with E-state index in [0.29, 0.717) is 12.3 Å². The number of nitrogens with one attached hydrogen (secondary N) is 3. The van der Waals surface area contributed by atoms with Crippen LogP contribution in [0.1, 0.15) is 24.0 Å². The van der Waals surface area contributed by atoms with Gasteiger partial charge in [-0.15, -0.1) is 0 Å². The maximum absolute atomic E-state index is 12.6. The minimum absolute atomic E-state index is 0.0102. The van der Waals surface area contributed by atoms with E-state index in [1.54, 1.807) is 12.1 Å². The molecule has 0 spiro atoms. The second-order valence-electron chi connectivity index (χ2n) is 6.49. The van der Waals surface area contributed by atoms with E-state index in [9.17, 15) is 16.8 Å². The van der Waals surface area contributed by atoms with Gasteiger partial charge in [-0.25, -0.2) is 8.42 Å². The van der Waals surface area contributed by atoms with Gasteiger partial charge in [0.25, 0.3) is 15.9 Å². The molecule has 1 heterocycles. The van der Waals surface area contributed by atoms with Crippen molar-refractivity contribution in [1.29, 1.82) is 0 Å². The van der Waals surface area contributed by atoms with Gasteiger partial charge in [0.2, 0.25) is 0 Å². The summed E-state index contributed by atoms with van der Waals surface area (Å²) in [6, 6.07) is 10.6. The third-order valence-corrected chi connectivity index (χ3v) is 7.15. The Hall–Kier alpha value is -2.39. The Labute approximate surface area is 159 Å². The largest absolute Gasteiger partial charge is 0.328 e. The van der Waals surface area contributed by atoms with Crippen molar-refractivity contribution in [3.8, 4) is 0 Å². The lowest BCUT2D eigenvalue weighted by atomic mass is 10.1. The Morgan fingerprint density at radius 1 is 0.852 bits per heavy atom. The number of aryl methyl sites for hydroxylation is 2. The predicted octanol–water partition coefficient (Wildman–Crippen LogP) is 0.655. The van der Waals surface area contributed by atoms with E-state index in [4.69, 9.17) is 0 Å². The third kappa shape index (κ3) is 4.48. The first kappa shape index (κ1) is 19.4. The average molecular weight is 409 g/mol. The van der Waals surface area contributed by atoms with Crippen molar-refractivity contribution in [2.45, 2.75) is 36.5 Å². The summed E-state index contributed by atoms with van der Waals surface area (Å²) in [5, 5.41) is 0. The summed E-state index contributed by atoms with van der Waals surface area (Å²) >= 11 is 0. The van der Waals surface area contributed by atoms with Crippen LogP contribution in [-0.2, 0) is 20.0 Å². The summed E-state index contributed by atoms with van der Waals surface area (Å²) < 4.78 is 55.2. The topological polar surface area (TPSA) is 106 Å². The molecule has 0 saturated heterocycles. The number of hydrogen-bond acceptors (Lipinski definition) is 4. The second kappa shape index (κ2) is 7.32. The van der Waals surface area contributed by atoms with Gasteiger partial charge in [-0.2, -0.15) is 13.1 Å². The van der Waals surface area contributed by atoms with Crippen LogP contribution in [0.25, 0.3) is 0 Å². The minimum atomic E-state index is -3.82. The van der Waals surface area contributed by atoms with Crippen LogP contribution in [0.2, 0.25) is 0 Å². The number of amidine groups is 1. The third-order valence-electron chi connectivity index (χ3n) is 4.38. The quantitative estimate of drug-likeness (QED) is 0.675. The maximum atomic E-state index is 12.6. The number of benzene rings is 2. The highest BCUT2D eigenvalue weighted by atomic mass is 32.2. The molecule has 0 atom stereocenters. The molecule has 2 aromatic carbocycles. The zero-order valence-electron chi connectivity index (χ0n) is 15.1. The van der Waals surface area contributed by atoms with Gasteiger partial charge < -0.3 is 0 Å². The monoisotopic (exact) mass is 408 g/mol. The zero-order chi connectivity index (χ0) is 19.7. The first-order valence-corrected chi connectivity index (χ1v) is 11.5. The first-order chi connectivity index (χ1) is 12.7. The van der Waals surface area contributed by atoms with Gasteiger partial charge in [0.1, 0.15) is 4.90 Å². The van der Waals surface area contributed by atoms with Gasteiger partial charge in [-0.3, -0.25) is 9.71 Å². The fourth-order valence-electron chi connectivity index (χ4n) is 2.72. The van der Waals surface area contributed by atoms with Crippen molar-refractivity contribution < 1.29 is 21.8 Å². The molecule has 27 heavy (non-hydrogen) atoms. The van der Waals surface area contributed by atoms with Gasteiger partial charge in [0.05, 0.1) is 23.5 Å². The van der Waals surface area contributed by atoms with Crippen LogP contribution in [0.4, 0.5) is 5.69 Å². The van der Waals surface area contributed by atoms with Gasteiger partial charge in [-0.05, 0) is 61.7 Å². The molecule has 144 valence electrons. The minimum Gasteiger partial charge on any atom is -0.280 e. The molecule has 3 rings (SSSR count). The van der Waals surface area contributed by atoms with E-state index in [-0.39, 0.29) is 15.5 Å². The Balaban J connectivity index is 1.85. The lowest BCUT2D eigenvalue weighted by molar-refractivity contribution is -0.448. The summed E-state index contributed by atoms with van der Waals surface area (Å²) in [6.07, 6.45) is 1.51. The van der Waals surface area contributed by atoms with Gasteiger partial charge in [-0.1, -0.05) is 12.1 Å². The van der Waals surface area contributed by atoms with Crippen molar-refractivity contribution in [2.75, 3.05) is 11.3 Å². The molecule has 2 aromatic rings. The highest BCUT2D eigenvalue weighted by Gasteiger charge is 2.25. The molecule has 0 saturated carbocycles. The smallest absolute Gasteiger partial charge is 0.280 e. The van der Waals surface area contributed by atoms with Crippen molar-refractivity contribution in [1.82, 2.24) is 4.72 Å². The zero-order valence-corrected chi connectivity index (χ0v) is 16.7. The summed E-state index contributed by atoms with van der Waals surface area (Å²) in [5.41, 5.74) is 2.03. The van der Waals surface area contributed by atoms with Crippen LogP contribution in [-0.4, -0.2) is 29.2 Å². The van der Waals surface area contributed by atoms with Gasteiger partial charge in [0.15, 0.2) is 0 Å². The van der Waals surface area contributed by atoms with Crippen LogP contribution in [0.15, 0.2) is 52.3 Å². The Morgan fingerprint density at radius 2 is 1.56 bits per heavy atom. The Morgan fingerprint density at radius 3 is 2.22 bits per heavy atom. The van der Waals surface area contributed by atoms with Crippen molar-refractivity contribution in [3.63, 3.8) is 0 Å². The Bertz CT molecular complexity index is 1110. The molecule has 0 fully saturated rings. The van der Waals surface area contributed by atoms with E-state index in [1.165, 1.54) is 30.3 Å². The number of anilines is 1. The average Bonchev–Trinajstić information content (AvgIpc) is 3.09. The molecule has 0 radical (unpaired) electrons. The molecule has 3 N–H and O–H groups in total. The summed E-state index contributed by atoms with van der Waals surface area (Å²) in [6.45, 7) is 4.47. The first-order valence-electron chi connectivity index (χ1n) is 8.50. The number of sulfonamides is 2. The molecule has 9 heteroatoms. The number of hydrogen-bond donors (Lipinski definition) is 3. The molecular weight excluding hydrogens is 386 g/mol. The van der Waals surface area contributed by atoms with E-state index in [2.05, 4.69) is 14.4 Å². The van der Waals surface area contributed by atoms with E-state index >= 15 is 0 Å². The molecule has 0 bridgehead atoms. The second-order valence-corrected chi connectivity index (χ2v) is 9.86. The Kier molecular flexibility index (Phi) is 5.25. The van der Waals surface area contributed by atoms with Crippen LogP contribution >= 0.6 is 0 Å². The lowest BCUT2D eigenvalue weighted by Gasteiger charge is -2.11. The van der Waals surface area contributed by atoms with Gasteiger partial charge >= 0.3 is 10.0 Å². The highest BCUT2D eigenvalue weighted by molar-refractivity contribution is 7.92. The maximum Gasteiger partial charge on any atom is 0.328 e. The highest BCUT2D eigenvalue weighted by Crippen LogP contribution is 2.21. The summed E-state index contributed by atoms with van der Waals surface area (Å²) in [7, 11) is -7.60. The fourth-order valence-corrected chi connectivity index (χ4v) is 5.01. The summed E-state index contributed by atoms with van der Waals surface area (Å²) in [5.74, 6) is 0.552. The van der Waals surface area contributed by atoms with Gasteiger partial charge in [0, 0.05) is 0 Å². The predicted molar refractivity (Wildman–Crippen MR) is 104 cm³/mol. The number of rotatable bonds is 5.